The van der Waals surface area contributed by atoms with Crippen LogP contribution in [0.3, 0.4) is 0 Å². The summed E-state index contributed by atoms with van der Waals surface area (Å²) >= 11 is 1.51. The van der Waals surface area contributed by atoms with Crippen molar-refractivity contribution < 1.29 is 12.8 Å². The number of fused-ring (bicyclic) bond motifs is 1. The van der Waals surface area contributed by atoms with E-state index in [9.17, 15) is 8.42 Å². The molecule has 4 heterocycles. The molecule has 1 saturated heterocycles. The SMILES string of the molecule is Cc1nc2nccc(-c3sc(C(C)(C)C)nc3-c3cccc(CS(=O)(=O)N4CCCC4)c3F)c2[nH]1. The first-order valence-corrected chi connectivity index (χ1v) is 14.1. The van der Waals surface area contributed by atoms with Gasteiger partial charge in [-0.3, -0.25) is 0 Å². The molecule has 1 aliphatic heterocycles. The van der Waals surface area contributed by atoms with Crippen molar-refractivity contribution in [2.24, 2.45) is 0 Å². The number of nitrogens with one attached hydrogen (secondary N) is 1. The summed E-state index contributed by atoms with van der Waals surface area (Å²) in [6.07, 6.45) is 3.37. The highest BCUT2D eigenvalue weighted by molar-refractivity contribution is 7.88. The van der Waals surface area contributed by atoms with Crippen LogP contribution in [0.15, 0.2) is 30.5 Å². The molecule has 0 spiro atoms. The van der Waals surface area contributed by atoms with Gasteiger partial charge in [0.15, 0.2) is 5.65 Å². The van der Waals surface area contributed by atoms with Gasteiger partial charge in [0.1, 0.15) is 11.6 Å². The zero-order chi connectivity index (χ0) is 25.0. The van der Waals surface area contributed by atoms with Crippen LogP contribution in [0.1, 0.15) is 50.0 Å². The topological polar surface area (TPSA) is 91.8 Å². The molecule has 0 aliphatic carbocycles. The first kappa shape index (κ1) is 24.0. The van der Waals surface area contributed by atoms with E-state index in [4.69, 9.17) is 4.98 Å². The van der Waals surface area contributed by atoms with Crippen molar-refractivity contribution in [2.45, 2.75) is 51.7 Å². The zero-order valence-electron chi connectivity index (χ0n) is 20.2. The van der Waals surface area contributed by atoms with E-state index < -0.39 is 15.8 Å². The van der Waals surface area contributed by atoms with Gasteiger partial charge < -0.3 is 4.98 Å². The molecule has 5 rings (SSSR count). The highest BCUT2D eigenvalue weighted by atomic mass is 32.2. The van der Waals surface area contributed by atoms with Gasteiger partial charge in [0.25, 0.3) is 0 Å². The van der Waals surface area contributed by atoms with Gasteiger partial charge >= 0.3 is 0 Å². The first-order valence-electron chi connectivity index (χ1n) is 11.6. The number of hydrogen-bond acceptors (Lipinski definition) is 6. The second-order valence-corrected chi connectivity index (χ2v) is 12.9. The van der Waals surface area contributed by atoms with Gasteiger partial charge in [0, 0.05) is 41.4 Å². The Balaban J connectivity index is 1.66. The number of imidazole rings is 1. The van der Waals surface area contributed by atoms with Crippen molar-refractivity contribution in [3.8, 4) is 21.7 Å². The van der Waals surface area contributed by atoms with Crippen molar-refractivity contribution in [2.75, 3.05) is 13.1 Å². The lowest BCUT2D eigenvalue weighted by Gasteiger charge is -2.16. The number of halogens is 1. The lowest BCUT2D eigenvalue weighted by Crippen LogP contribution is -2.29. The van der Waals surface area contributed by atoms with E-state index in [1.54, 1.807) is 24.4 Å². The Kier molecular flexibility index (Phi) is 6.01. The average molecular weight is 514 g/mol. The fourth-order valence-corrected chi connectivity index (χ4v) is 7.13. The van der Waals surface area contributed by atoms with Gasteiger partial charge in [-0.1, -0.05) is 32.9 Å². The number of nitrogens with zero attached hydrogens (tertiary/aromatic N) is 4. The molecule has 0 saturated carbocycles. The Labute approximate surface area is 208 Å². The molecule has 184 valence electrons. The second kappa shape index (κ2) is 8.76. The van der Waals surface area contributed by atoms with Crippen LogP contribution >= 0.6 is 11.3 Å². The largest absolute Gasteiger partial charge is 0.340 e. The molecule has 0 bridgehead atoms. The van der Waals surface area contributed by atoms with Crippen molar-refractivity contribution in [1.82, 2.24) is 24.2 Å². The van der Waals surface area contributed by atoms with Gasteiger partial charge in [-0.05, 0) is 31.9 Å². The number of sulfonamides is 1. The predicted octanol–water partition coefficient (Wildman–Crippen LogP) is 5.42. The van der Waals surface area contributed by atoms with Crippen LogP contribution in [0.4, 0.5) is 4.39 Å². The summed E-state index contributed by atoms with van der Waals surface area (Å²) in [6, 6.07) is 6.80. The molecule has 0 amide bonds. The molecule has 35 heavy (non-hydrogen) atoms. The Morgan fingerprint density at radius 2 is 1.86 bits per heavy atom. The summed E-state index contributed by atoms with van der Waals surface area (Å²) in [5, 5.41) is 0.859. The Morgan fingerprint density at radius 3 is 2.57 bits per heavy atom. The standard InChI is InChI=1S/C25H28FN5O2S2/c1-15-28-21-18(10-11-27-23(21)29-15)22-20(30-24(34-22)25(2,3)4)17-9-7-8-16(19(17)26)14-35(32,33)31-12-5-6-13-31/h7-11H,5-6,12-14H2,1-4H3,(H,27,28,29). The molecule has 1 N–H and O–H groups in total. The van der Waals surface area contributed by atoms with Crippen molar-refractivity contribution in [1.29, 1.82) is 0 Å². The van der Waals surface area contributed by atoms with E-state index in [0.29, 0.717) is 30.0 Å². The van der Waals surface area contributed by atoms with E-state index >= 15 is 4.39 Å². The Bertz CT molecular complexity index is 1510. The third kappa shape index (κ3) is 4.50. The number of benzene rings is 1. The minimum atomic E-state index is -3.59. The van der Waals surface area contributed by atoms with Crippen LogP contribution in [-0.4, -0.2) is 45.7 Å². The van der Waals surface area contributed by atoms with E-state index in [1.807, 2.05) is 13.0 Å². The summed E-state index contributed by atoms with van der Waals surface area (Å²) in [5.74, 6) is -0.173. The van der Waals surface area contributed by atoms with Crippen LogP contribution in [0.5, 0.6) is 0 Å². The van der Waals surface area contributed by atoms with Gasteiger partial charge in [0.05, 0.1) is 26.8 Å². The summed E-state index contributed by atoms with van der Waals surface area (Å²) in [4.78, 5) is 17.7. The van der Waals surface area contributed by atoms with Crippen LogP contribution < -0.4 is 0 Å². The molecule has 0 atom stereocenters. The van der Waals surface area contributed by atoms with Crippen molar-refractivity contribution >= 4 is 32.5 Å². The molecule has 1 fully saturated rings. The lowest BCUT2D eigenvalue weighted by molar-refractivity contribution is 0.475. The number of thiazole rings is 1. The summed E-state index contributed by atoms with van der Waals surface area (Å²) in [7, 11) is -3.59. The normalized spacial score (nSPS) is 15.3. The molecule has 4 aromatic rings. The van der Waals surface area contributed by atoms with Crippen molar-refractivity contribution in [3.63, 3.8) is 0 Å². The highest BCUT2D eigenvalue weighted by Gasteiger charge is 2.29. The summed E-state index contributed by atoms with van der Waals surface area (Å²) in [6.45, 7) is 9.06. The molecule has 10 heteroatoms. The average Bonchev–Trinajstić information content (AvgIpc) is 3.53. The number of H-pyrrole nitrogens is 1. The minimum absolute atomic E-state index is 0.155. The fraction of sp³-hybridized carbons (Fsp3) is 0.400. The van der Waals surface area contributed by atoms with E-state index in [1.165, 1.54) is 15.6 Å². The van der Waals surface area contributed by atoms with Crippen LogP contribution in [0.2, 0.25) is 0 Å². The molecular formula is C25H28FN5O2S2. The maximum atomic E-state index is 15.9. The molecule has 0 radical (unpaired) electrons. The van der Waals surface area contributed by atoms with Crippen LogP contribution in [0, 0.1) is 12.7 Å². The van der Waals surface area contributed by atoms with E-state index in [0.717, 1.165) is 39.6 Å². The maximum Gasteiger partial charge on any atom is 0.218 e. The quantitative estimate of drug-likeness (QED) is 0.385. The zero-order valence-corrected chi connectivity index (χ0v) is 21.9. The number of aryl methyl sites for hydroxylation is 1. The second-order valence-electron chi connectivity index (χ2n) is 9.97. The summed E-state index contributed by atoms with van der Waals surface area (Å²) in [5.41, 5.74) is 2.89. The third-order valence-corrected chi connectivity index (χ3v) is 9.50. The van der Waals surface area contributed by atoms with E-state index in [2.05, 4.69) is 35.7 Å². The Hall–Kier alpha value is -2.69. The minimum Gasteiger partial charge on any atom is -0.340 e. The summed E-state index contributed by atoms with van der Waals surface area (Å²) < 4.78 is 43.2. The molecule has 0 unspecified atom stereocenters. The molecular weight excluding hydrogens is 485 g/mol. The van der Waals surface area contributed by atoms with Crippen molar-refractivity contribution in [3.05, 3.63) is 52.7 Å². The highest BCUT2D eigenvalue weighted by Crippen LogP contribution is 2.43. The molecule has 7 nitrogen and oxygen atoms in total. The number of hydrogen-bond donors (Lipinski definition) is 1. The number of rotatable bonds is 5. The van der Waals surface area contributed by atoms with Gasteiger partial charge in [-0.2, -0.15) is 0 Å². The molecule has 1 aromatic carbocycles. The van der Waals surface area contributed by atoms with Crippen LogP contribution in [0.25, 0.3) is 32.9 Å². The number of aromatic amines is 1. The fourth-order valence-electron chi connectivity index (χ4n) is 4.35. The van der Waals surface area contributed by atoms with E-state index in [-0.39, 0.29) is 16.7 Å². The smallest absolute Gasteiger partial charge is 0.218 e. The molecule has 3 aromatic heterocycles. The predicted molar refractivity (Wildman–Crippen MR) is 137 cm³/mol. The third-order valence-electron chi connectivity index (χ3n) is 6.15. The van der Waals surface area contributed by atoms with Gasteiger partial charge in [0.2, 0.25) is 10.0 Å². The molecule has 1 aliphatic rings. The van der Waals surface area contributed by atoms with Gasteiger partial charge in [-0.25, -0.2) is 32.1 Å². The number of pyridine rings is 1. The number of aromatic nitrogens is 4. The first-order chi connectivity index (χ1) is 16.5. The van der Waals surface area contributed by atoms with Crippen LogP contribution in [-0.2, 0) is 21.2 Å². The lowest BCUT2D eigenvalue weighted by atomic mass is 9.98. The maximum absolute atomic E-state index is 15.9. The van der Waals surface area contributed by atoms with Gasteiger partial charge in [-0.15, -0.1) is 11.3 Å². The monoisotopic (exact) mass is 513 g/mol. The Morgan fingerprint density at radius 1 is 1.11 bits per heavy atom.